The van der Waals surface area contributed by atoms with E-state index in [0.717, 1.165) is 17.7 Å². The van der Waals surface area contributed by atoms with Gasteiger partial charge in [-0.2, -0.15) is 4.31 Å². The van der Waals surface area contributed by atoms with Crippen LogP contribution < -0.4 is 0 Å². The summed E-state index contributed by atoms with van der Waals surface area (Å²) in [4.78, 5) is 24.1. The maximum absolute atomic E-state index is 12.8. The van der Waals surface area contributed by atoms with E-state index in [1.807, 2.05) is 6.92 Å². The van der Waals surface area contributed by atoms with Gasteiger partial charge in [-0.1, -0.05) is 6.92 Å². The molecule has 1 atom stereocenters. The van der Waals surface area contributed by atoms with E-state index in [9.17, 15) is 18.0 Å². The third kappa shape index (κ3) is 3.78. The van der Waals surface area contributed by atoms with Crippen LogP contribution in [0, 0.1) is 5.92 Å². The van der Waals surface area contributed by atoms with E-state index in [1.165, 1.54) is 28.2 Å². The Balaban J connectivity index is 2.27. The minimum absolute atomic E-state index is 0.0613. The molecule has 0 bridgehead atoms. The van der Waals surface area contributed by atoms with Gasteiger partial charge in [-0.3, -0.25) is 9.59 Å². The molecule has 2 heterocycles. The van der Waals surface area contributed by atoms with Crippen molar-refractivity contribution >= 4 is 21.9 Å². The van der Waals surface area contributed by atoms with Crippen LogP contribution in [0.25, 0.3) is 0 Å². The van der Waals surface area contributed by atoms with Crippen molar-refractivity contribution in [1.29, 1.82) is 0 Å². The van der Waals surface area contributed by atoms with Gasteiger partial charge in [0.1, 0.15) is 17.1 Å². The highest BCUT2D eigenvalue weighted by Crippen LogP contribution is 2.24. The molecule has 0 spiro atoms. The molecule has 1 aliphatic rings. The monoisotopic (exact) mass is 357 g/mol. The second-order valence-electron chi connectivity index (χ2n) is 6.34. The Kier molecular flexibility index (Phi) is 5.34. The van der Waals surface area contributed by atoms with Crippen molar-refractivity contribution in [2.45, 2.75) is 24.7 Å². The lowest BCUT2D eigenvalue weighted by molar-refractivity contribution is -0.137. The number of carboxylic acids is 1. The van der Waals surface area contributed by atoms with E-state index < -0.39 is 28.4 Å². The fraction of sp³-hybridized carbons (Fsp3) is 0.600. The van der Waals surface area contributed by atoms with Crippen molar-refractivity contribution in [2.24, 2.45) is 13.0 Å². The molecule has 0 aromatic carbocycles. The number of carbonyl (C=O) groups is 2. The van der Waals surface area contributed by atoms with Gasteiger partial charge >= 0.3 is 5.97 Å². The second kappa shape index (κ2) is 6.94. The molecule has 1 aromatic heterocycles. The Labute approximate surface area is 141 Å². The molecule has 0 radical (unpaired) electrons. The predicted molar refractivity (Wildman–Crippen MR) is 87.2 cm³/mol. The third-order valence-corrected chi connectivity index (χ3v) is 6.01. The fourth-order valence-corrected chi connectivity index (χ4v) is 4.54. The molecule has 2 rings (SSSR count). The molecule has 8 nitrogen and oxygen atoms in total. The molecule has 24 heavy (non-hydrogen) atoms. The molecule has 1 amide bonds. The zero-order valence-electron chi connectivity index (χ0n) is 14.1. The Morgan fingerprint density at radius 3 is 2.67 bits per heavy atom. The number of carboxylic acid groups (broad SMARTS) is 1. The minimum Gasteiger partial charge on any atom is -0.480 e. The Morgan fingerprint density at radius 2 is 2.08 bits per heavy atom. The molecule has 0 aliphatic carbocycles. The van der Waals surface area contributed by atoms with Crippen LogP contribution in [0.3, 0.4) is 0 Å². The summed E-state index contributed by atoms with van der Waals surface area (Å²) in [6, 6.07) is 1.31. The molecule has 1 unspecified atom stereocenters. The van der Waals surface area contributed by atoms with Gasteiger partial charge in [0.15, 0.2) is 0 Å². The molecule has 1 saturated heterocycles. The molecule has 1 N–H and O–H groups in total. The van der Waals surface area contributed by atoms with Crippen LogP contribution >= 0.6 is 0 Å². The summed E-state index contributed by atoms with van der Waals surface area (Å²) in [6.07, 6.45) is 3.22. The molecule has 1 aliphatic heterocycles. The summed E-state index contributed by atoms with van der Waals surface area (Å²) < 4.78 is 28.4. The van der Waals surface area contributed by atoms with Crippen LogP contribution in [0.4, 0.5) is 0 Å². The first-order chi connectivity index (χ1) is 11.1. The van der Waals surface area contributed by atoms with Crippen molar-refractivity contribution in [3.05, 3.63) is 18.0 Å². The average Bonchev–Trinajstić information content (AvgIpc) is 2.88. The topological polar surface area (TPSA) is 99.9 Å². The van der Waals surface area contributed by atoms with Crippen LogP contribution in [0.1, 0.15) is 30.3 Å². The maximum Gasteiger partial charge on any atom is 0.323 e. The second-order valence-corrected chi connectivity index (χ2v) is 8.28. The van der Waals surface area contributed by atoms with E-state index in [-0.39, 0.29) is 10.6 Å². The lowest BCUT2D eigenvalue weighted by Gasteiger charge is -2.29. The lowest BCUT2D eigenvalue weighted by Crippen LogP contribution is -2.38. The first kappa shape index (κ1) is 18.5. The SMILES string of the molecule is CC1CCCN(S(=O)(=O)c2cc(C(=O)N(C)CC(=O)O)n(C)c2)C1. The number of rotatable bonds is 5. The van der Waals surface area contributed by atoms with Crippen molar-refractivity contribution < 1.29 is 23.1 Å². The lowest BCUT2D eigenvalue weighted by atomic mass is 10.0. The number of nitrogens with zero attached hydrogens (tertiary/aromatic N) is 3. The molecule has 1 aromatic rings. The first-order valence-corrected chi connectivity index (χ1v) is 9.20. The van der Waals surface area contributed by atoms with Crippen LogP contribution in [0.2, 0.25) is 0 Å². The zero-order chi connectivity index (χ0) is 18.1. The largest absolute Gasteiger partial charge is 0.480 e. The van der Waals surface area contributed by atoms with E-state index in [1.54, 1.807) is 7.05 Å². The molecular formula is C15H23N3O5S. The van der Waals surface area contributed by atoms with E-state index in [2.05, 4.69) is 0 Å². The van der Waals surface area contributed by atoms with Crippen LogP contribution in [-0.2, 0) is 21.9 Å². The number of sulfonamides is 1. The normalized spacial score (nSPS) is 19.2. The van der Waals surface area contributed by atoms with Gasteiger partial charge in [-0.15, -0.1) is 0 Å². The highest BCUT2D eigenvalue weighted by molar-refractivity contribution is 7.89. The van der Waals surface area contributed by atoms with E-state index in [0.29, 0.717) is 19.0 Å². The van der Waals surface area contributed by atoms with Crippen molar-refractivity contribution in [1.82, 2.24) is 13.8 Å². The highest BCUT2D eigenvalue weighted by Gasteiger charge is 2.31. The fourth-order valence-electron chi connectivity index (χ4n) is 2.87. The van der Waals surface area contributed by atoms with E-state index in [4.69, 9.17) is 5.11 Å². The standard InChI is InChI=1S/C15H23N3O5S/c1-11-5-4-6-18(8-11)24(22,23)12-7-13(16(2)9-12)15(21)17(3)10-14(19)20/h7,9,11H,4-6,8,10H2,1-3H3,(H,19,20). The minimum atomic E-state index is -3.65. The summed E-state index contributed by atoms with van der Waals surface area (Å²) >= 11 is 0. The zero-order valence-corrected chi connectivity index (χ0v) is 14.9. The summed E-state index contributed by atoms with van der Waals surface area (Å²) in [5.74, 6) is -1.36. The van der Waals surface area contributed by atoms with Gasteiger partial charge in [0.05, 0.1) is 0 Å². The van der Waals surface area contributed by atoms with Gasteiger partial charge < -0.3 is 14.6 Å². The number of likely N-dealkylation sites (N-methyl/N-ethyl adjacent to an activating group) is 1. The molecule has 0 saturated carbocycles. The number of carbonyl (C=O) groups excluding carboxylic acids is 1. The van der Waals surface area contributed by atoms with Crippen molar-refractivity contribution in [2.75, 3.05) is 26.7 Å². The number of hydrogen-bond acceptors (Lipinski definition) is 4. The molecule has 9 heteroatoms. The number of aryl methyl sites for hydroxylation is 1. The number of aromatic nitrogens is 1. The highest BCUT2D eigenvalue weighted by atomic mass is 32.2. The summed E-state index contributed by atoms with van der Waals surface area (Å²) in [5.41, 5.74) is 0.141. The van der Waals surface area contributed by atoms with Crippen molar-refractivity contribution in [3.63, 3.8) is 0 Å². The van der Waals surface area contributed by atoms with Gasteiger partial charge in [-0.05, 0) is 24.8 Å². The maximum atomic E-state index is 12.8. The molecular weight excluding hydrogens is 334 g/mol. The smallest absolute Gasteiger partial charge is 0.323 e. The Morgan fingerprint density at radius 1 is 1.42 bits per heavy atom. The predicted octanol–water partition coefficient (Wildman–Crippen LogP) is 0.602. The van der Waals surface area contributed by atoms with Gasteiger partial charge in [0.2, 0.25) is 10.0 Å². The summed E-state index contributed by atoms with van der Waals surface area (Å²) in [5, 5.41) is 8.78. The quantitative estimate of drug-likeness (QED) is 0.832. The van der Waals surface area contributed by atoms with Crippen molar-refractivity contribution in [3.8, 4) is 0 Å². The van der Waals surface area contributed by atoms with Crippen LogP contribution in [0.15, 0.2) is 17.2 Å². The molecule has 1 fully saturated rings. The number of hydrogen-bond donors (Lipinski definition) is 1. The van der Waals surface area contributed by atoms with Crippen LogP contribution in [0.5, 0.6) is 0 Å². The number of amides is 1. The molecule has 134 valence electrons. The van der Waals surface area contributed by atoms with Gasteiger partial charge in [-0.25, -0.2) is 8.42 Å². The Bertz CT molecular complexity index is 740. The summed E-state index contributed by atoms with van der Waals surface area (Å²) in [6.45, 7) is 2.52. The third-order valence-electron chi connectivity index (χ3n) is 4.18. The van der Waals surface area contributed by atoms with Crippen LogP contribution in [-0.4, -0.2) is 65.9 Å². The summed E-state index contributed by atoms with van der Waals surface area (Å²) in [7, 11) is -0.719. The van der Waals surface area contributed by atoms with Gasteiger partial charge in [0, 0.05) is 33.4 Å². The van der Waals surface area contributed by atoms with E-state index >= 15 is 0 Å². The van der Waals surface area contributed by atoms with Gasteiger partial charge in [0.25, 0.3) is 5.91 Å². The average molecular weight is 357 g/mol. The Hall–Kier alpha value is -1.87. The number of aliphatic carboxylic acids is 1. The first-order valence-electron chi connectivity index (χ1n) is 7.76. The number of piperidine rings is 1.